The Balaban J connectivity index is 1.61. The first kappa shape index (κ1) is 16.0. The van der Waals surface area contributed by atoms with Gasteiger partial charge < -0.3 is 5.32 Å². The molecule has 2 aromatic rings. The summed E-state index contributed by atoms with van der Waals surface area (Å²) < 4.78 is 0. The Labute approximate surface area is 142 Å². The van der Waals surface area contributed by atoms with Crippen molar-refractivity contribution < 1.29 is 4.79 Å². The van der Waals surface area contributed by atoms with Gasteiger partial charge in [0.05, 0.1) is 10.6 Å². The van der Waals surface area contributed by atoms with Crippen molar-refractivity contribution in [1.82, 2.24) is 4.90 Å². The third-order valence-electron chi connectivity index (χ3n) is 4.19. The first-order chi connectivity index (χ1) is 11.2. The topological polar surface area (TPSA) is 32.3 Å². The number of anilines is 1. The number of hydrogen-bond donors (Lipinski definition) is 1. The standard InChI is InChI=1S/C19H21ClN2O/c20-18-7-3-2-6-17(18)19(23)21-16-10-8-15(9-11-16)14-22-12-4-1-5-13-22/h2-3,6-11H,1,4-5,12-14H2,(H,21,23). The number of nitrogens with zero attached hydrogens (tertiary/aromatic N) is 1. The molecule has 23 heavy (non-hydrogen) atoms. The zero-order valence-electron chi connectivity index (χ0n) is 13.1. The van der Waals surface area contributed by atoms with Gasteiger partial charge in [-0.05, 0) is 55.8 Å². The number of carbonyl (C=O) groups excluding carboxylic acids is 1. The predicted octanol–water partition coefficient (Wildman–Crippen LogP) is 4.58. The fraction of sp³-hybridized carbons (Fsp3) is 0.316. The van der Waals surface area contributed by atoms with Crippen LogP contribution in [-0.2, 0) is 6.54 Å². The van der Waals surface area contributed by atoms with Crippen molar-refractivity contribution in [2.75, 3.05) is 18.4 Å². The summed E-state index contributed by atoms with van der Waals surface area (Å²) in [6.45, 7) is 3.36. The van der Waals surface area contributed by atoms with Crippen molar-refractivity contribution >= 4 is 23.2 Å². The number of likely N-dealkylation sites (tertiary alicyclic amines) is 1. The Morgan fingerprint density at radius 1 is 1.00 bits per heavy atom. The summed E-state index contributed by atoms with van der Waals surface area (Å²) in [7, 11) is 0. The minimum absolute atomic E-state index is 0.181. The van der Waals surface area contributed by atoms with Crippen LogP contribution in [0.25, 0.3) is 0 Å². The monoisotopic (exact) mass is 328 g/mol. The molecule has 1 saturated heterocycles. The summed E-state index contributed by atoms with van der Waals surface area (Å²) in [5.74, 6) is -0.181. The third kappa shape index (κ3) is 4.34. The molecule has 3 rings (SSSR count). The normalized spacial score (nSPS) is 15.3. The van der Waals surface area contributed by atoms with E-state index in [1.54, 1.807) is 12.1 Å². The SMILES string of the molecule is O=C(Nc1ccc(CN2CCCCC2)cc1)c1ccccc1Cl. The molecule has 4 heteroatoms. The molecular weight excluding hydrogens is 308 g/mol. The maximum Gasteiger partial charge on any atom is 0.257 e. The molecule has 3 nitrogen and oxygen atoms in total. The molecule has 1 aliphatic rings. The van der Waals surface area contributed by atoms with E-state index in [-0.39, 0.29) is 5.91 Å². The van der Waals surface area contributed by atoms with E-state index < -0.39 is 0 Å². The molecule has 0 saturated carbocycles. The zero-order valence-corrected chi connectivity index (χ0v) is 13.9. The fourth-order valence-corrected chi connectivity index (χ4v) is 3.13. The molecule has 1 amide bonds. The molecule has 1 aliphatic heterocycles. The average molecular weight is 329 g/mol. The summed E-state index contributed by atoms with van der Waals surface area (Å²) in [6.07, 6.45) is 3.95. The number of rotatable bonds is 4. The molecule has 120 valence electrons. The fourth-order valence-electron chi connectivity index (χ4n) is 2.91. The lowest BCUT2D eigenvalue weighted by Gasteiger charge is -2.26. The van der Waals surface area contributed by atoms with Crippen LogP contribution in [0.1, 0.15) is 35.2 Å². The highest BCUT2D eigenvalue weighted by molar-refractivity contribution is 6.34. The van der Waals surface area contributed by atoms with E-state index in [4.69, 9.17) is 11.6 Å². The second-order valence-electron chi connectivity index (χ2n) is 5.97. The Hall–Kier alpha value is -1.84. The van der Waals surface area contributed by atoms with Crippen LogP contribution in [0.2, 0.25) is 5.02 Å². The number of hydrogen-bond acceptors (Lipinski definition) is 2. The van der Waals surface area contributed by atoms with E-state index in [1.807, 2.05) is 24.3 Å². The maximum atomic E-state index is 12.2. The summed E-state index contributed by atoms with van der Waals surface area (Å²) in [5, 5.41) is 3.36. The molecular formula is C19H21ClN2O. The quantitative estimate of drug-likeness (QED) is 0.891. The van der Waals surface area contributed by atoms with E-state index in [9.17, 15) is 4.79 Å². The molecule has 1 N–H and O–H groups in total. The van der Waals surface area contributed by atoms with Gasteiger partial charge in [-0.15, -0.1) is 0 Å². The van der Waals surface area contributed by atoms with Crippen LogP contribution in [0.5, 0.6) is 0 Å². The lowest BCUT2D eigenvalue weighted by molar-refractivity contribution is 0.102. The first-order valence-electron chi connectivity index (χ1n) is 8.09. The van der Waals surface area contributed by atoms with Gasteiger partial charge in [0.25, 0.3) is 5.91 Å². The van der Waals surface area contributed by atoms with E-state index in [1.165, 1.54) is 37.9 Å². The van der Waals surface area contributed by atoms with Crippen LogP contribution in [0.15, 0.2) is 48.5 Å². The molecule has 0 radical (unpaired) electrons. The smallest absolute Gasteiger partial charge is 0.257 e. The minimum Gasteiger partial charge on any atom is -0.322 e. The highest BCUT2D eigenvalue weighted by atomic mass is 35.5. The molecule has 0 aromatic heterocycles. The summed E-state index contributed by atoms with van der Waals surface area (Å²) >= 11 is 6.05. The molecule has 0 bridgehead atoms. The third-order valence-corrected chi connectivity index (χ3v) is 4.51. The van der Waals surface area contributed by atoms with Crippen molar-refractivity contribution in [2.45, 2.75) is 25.8 Å². The van der Waals surface area contributed by atoms with Gasteiger partial charge in [0, 0.05) is 12.2 Å². The minimum atomic E-state index is -0.181. The Morgan fingerprint density at radius 2 is 1.70 bits per heavy atom. The summed E-state index contributed by atoms with van der Waals surface area (Å²) in [4.78, 5) is 14.7. The molecule has 1 heterocycles. The van der Waals surface area contributed by atoms with Crippen molar-refractivity contribution in [3.63, 3.8) is 0 Å². The van der Waals surface area contributed by atoms with Gasteiger partial charge in [0.2, 0.25) is 0 Å². The van der Waals surface area contributed by atoms with Crippen LogP contribution in [0.4, 0.5) is 5.69 Å². The Bertz CT molecular complexity index is 663. The lowest BCUT2D eigenvalue weighted by atomic mass is 10.1. The zero-order chi connectivity index (χ0) is 16.1. The Kier molecular flexibility index (Phi) is 5.31. The molecule has 0 unspecified atom stereocenters. The Morgan fingerprint density at radius 3 is 2.39 bits per heavy atom. The highest BCUT2D eigenvalue weighted by Gasteiger charge is 2.11. The molecule has 2 aromatic carbocycles. The molecule has 1 fully saturated rings. The number of carbonyl (C=O) groups is 1. The maximum absolute atomic E-state index is 12.2. The van der Waals surface area contributed by atoms with Crippen molar-refractivity contribution in [3.8, 4) is 0 Å². The number of benzene rings is 2. The molecule has 0 atom stereocenters. The number of halogens is 1. The van der Waals surface area contributed by atoms with Gasteiger partial charge in [-0.25, -0.2) is 0 Å². The lowest BCUT2D eigenvalue weighted by Crippen LogP contribution is -2.29. The average Bonchev–Trinajstić information content (AvgIpc) is 2.58. The summed E-state index contributed by atoms with van der Waals surface area (Å²) in [6, 6.07) is 15.1. The van der Waals surface area contributed by atoms with Crippen LogP contribution in [-0.4, -0.2) is 23.9 Å². The van der Waals surface area contributed by atoms with Crippen LogP contribution < -0.4 is 5.32 Å². The van der Waals surface area contributed by atoms with Crippen LogP contribution in [0, 0.1) is 0 Å². The predicted molar refractivity (Wildman–Crippen MR) is 95.0 cm³/mol. The van der Waals surface area contributed by atoms with Gasteiger partial charge in [0.1, 0.15) is 0 Å². The highest BCUT2D eigenvalue weighted by Crippen LogP contribution is 2.18. The van der Waals surface area contributed by atoms with Gasteiger partial charge in [0.15, 0.2) is 0 Å². The van der Waals surface area contributed by atoms with Gasteiger partial charge >= 0.3 is 0 Å². The number of nitrogens with one attached hydrogen (secondary N) is 1. The van der Waals surface area contributed by atoms with Gasteiger partial charge in [-0.1, -0.05) is 42.3 Å². The van der Waals surface area contributed by atoms with Crippen molar-refractivity contribution in [2.24, 2.45) is 0 Å². The van der Waals surface area contributed by atoms with Crippen LogP contribution in [0.3, 0.4) is 0 Å². The van der Waals surface area contributed by atoms with E-state index in [0.29, 0.717) is 10.6 Å². The van der Waals surface area contributed by atoms with E-state index >= 15 is 0 Å². The van der Waals surface area contributed by atoms with E-state index in [0.717, 1.165) is 12.2 Å². The van der Waals surface area contributed by atoms with Crippen molar-refractivity contribution in [1.29, 1.82) is 0 Å². The largest absolute Gasteiger partial charge is 0.322 e. The second-order valence-corrected chi connectivity index (χ2v) is 6.37. The first-order valence-corrected chi connectivity index (χ1v) is 8.47. The van der Waals surface area contributed by atoms with Crippen LogP contribution >= 0.6 is 11.6 Å². The number of amides is 1. The molecule has 0 spiro atoms. The van der Waals surface area contributed by atoms with Gasteiger partial charge in [-0.3, -0.25) is 9.69 Å². The number of piperidine rings is 1. The molecule has 0 aliphatic carbocycles. The van der Waals surface area contributed by atoms with Gasteiger partial charge in [-0.2, -0.15) is 0 Å². The second kappa shape index (κ2) is 7.62. The summed E-state index contributed by atoms with van der Waals surface area (Å²) in [5.41, 5.74) is 2.56. The van der Waals surface area contributed by atoms with E-state index in [2.05, 4.69) is 22.3 Å². The van der Waals surface area contributed by atoms with Crippen molar-refractivity contribution in [3.05, 3.63) is 64.7 Å².